The summed E-state index contributed by atoms with van der Waals surface area (Å²) >= 11 is 0. The number of aromatic nitrogens is 1. The van der Waals surface area contributed by atoms with Crippen LogP contribution in [0.4, 0.5) is 11.4 Å². The number of fused-ring (bicyclic) bond motifs is 1. The highest BCUT2D eigenvalue weighted by atomic mass is 16.3. The van der Waals surface area contributed by atoms with Gasteiger partial charge in [0.1, 0.15) is 11.5 Å². The highest BCUT2D eigenvalue weighted by molar-refractivity contribution is 6.06. The third kappa shape index (κ3) is 2.76. The molecule has 2 aromatic heterocycles. The van der Waals surface area contributed by atoms with Crippen LogP contribution in [0.25, 0.3) is 0 Å². The molecule has 0 spiro atoms. The number of hydrogen-bond donors (Lipinski definition) is 1. The van der Waals surface area contributed by atoms with Crippen molar-refractivity contribution in [1.29, 1.82) is 0 Å². The summed E-state index contributed by atoms with van der Waals surface area (Å²) in [5.74, 6) is 0.773. The zero-order chi connectivity index (χ0) is 16.4. The minimum atomic E-state index is -0.0680. The van der Waals surface area contributed by atoms with Crippen molar-refractivity contribution >= 4 is 17.3 Å². The number of nitrogens with zero attached hydrogens (tertiary/aromatic N) is 2. The minimum Gasteiger partial charge on any atom is -0.467 e. The van der Waals surface area contributed by atoms with E-state index in [9.17, 15) is 4.79 Å². The number of furan rings is 1. The maximum Gasteiger partial charge on any atom is 0.276 e. The lowest BCUT2D eigenvalue weighted by Gasteiger charge is -2.17. The van der Waals surface area contributed by atoms with Gasteiger partial charge in [-0.05, 0) is 42.3 Å². The maximum absolute atomic E-state index is 12.8. The van der Waals surface area contributed by atoms with Crippen LogP contribution in [-0.2, 0) is 13.0 Å². The molecule has 0 saturated heterocycles. The molecular weight excluding hydrogens is 302 g/mol. The number of anilines is 2. The van der Waals surface area contributed by atoms with Gasteiger partial charge in [-0.2, -0.15) is 0 Å². The normalized spacial score (nSPS) is 12.9. The van der Waals surface area contributed by atoms with Gasteiger partial charge in [-0.25, -0.2) is 0 Å². The first-order valence-corrected chi connectivity index (χ1v) is 7.93. The molecule has 3 heterocycles. The highest BCUT2D eigenvalue weighted by Crippen LogP contribution is 2.28. The Bertz CT molecular complexity index is 859. The summed E-state index contributed by atoms with van der Waals surface area (Å²) in [6, 6.07) is 15.4. The Morgan fingerprint density at radius 2 is 2.12 bits per heavy atom. The molecule has 1 aliphatic heterocycles. The molecule has 0 fully saturated rings. The van der Waals surface area contributed by atoms with Crippen LogP contribution in [0.15, 0.2) is 65.4 Å². The third-order valence-corrected chi connectivity index (χ3v) is 4.16. The summed E-state index contributed by atoms with van der Waals surface area (Å²) in [6.07, 6.45) is 4.18. The Balaban J connectivity index is 1.52. The molecule has 120 valence electrons. The van der Waals surface area contributed by atoms with Gasteiger partial charge in [0.05, 0.1) is 12.8 Å². The molecule has 0 radical (unpaired) electrons. The van der Waals surface area contributed by atoms with Crippen molar-refractivity contribution in [2.45, 2.75) is 13.0 Å². The van der Waals surface area contributed by atoms with Gasteiger partial charge in [-0.3, -0.25) is 9.78 Å². The first kappa shape index (κ1) is 14.5. The molecule has 0 bridgehead atoms. The van der Waals surface area contributed by atoms with Gasteiger partial charge in [0.2, 0.25) is 0 Å². The quantitative estimate of drug-likeness (QED) is 0.800. The Kier molecular flexibility index (Phi) is 3.75. The van der Waals surface area contributed by atoms with E-state index in [0.29, 0.717) is 18.8 Å². The molecule has 0 saturated carbocycles. The topological polar surface area (TPSA) is 58.4 Å². The fourth-order valence-electron chi connectivity index (χ4n) is 2.95. The molecule has 3 aromatic rings. The Morgan fingerprint density at radius 3 is 3.00 bits per heavy atom. The summed E-state index contributed by atoms with van der Waals surface area (Å²) in [5, 5.41) is 3.25. The summed E-state index contributed by atoms with van der Waals surface area (Å²) in [6.45, 7) is 1.26. The van der Waals surface area contributed by atoms with Crippen molar-refractivity contribution in [2.24, 2.45) is 0 Å². The summed E-state index contributed by atoms with van der Waals surface area (Å²) < 4.78 is 5.30. The van der Waals surface area contributed by atoms with Crippen molar-refractivity contribution in [1.82, 2.24) is 4.98 Å². The van der Waals surface area contributed by atoms with Crippen LogP contribution >= 0.6 is 0 Å². The first-order valence-electron chi connectivity index (χ1n) is 7.93. The predicted octanol–water partition coefficient (Wildman–Crippen LogP) is 3.49. The maximum atomic E-state index is 12.8. The molecule has 1 amide bonds. The molecule has 0 unspecified atom stereocenters. The Labute approximate surface area is 139 Å². The molecule has 24 heavy (non-hydrogen) atoms. The van der Waals surface area contributed by atoms with Crippen molar-refractivity contribution in [3.8, 4) is 0 Å². The van der Waals surface area contributed by atoms with Gasteiger partial charge in [0.25, 0.3) is 5.91 Å². The number of amides is 1. The van der Waals surface area contributed by atoms with E-state index in [1.165, 1.54) is 5.56 Å². The van der Waals surface area contributed by atoms with E-state index >= 15 is 0 Å². The van der Waals surface area contributed by atoms with Crippen LogP contribution in [0.5, 0.6) is 0 Å². The standard InChI is InChI=1S/C19H17N3O2/c23-19(22-10-8-14-4-1-2-6-18(14)22)17-12-15(7-9-20-17)21-13-16-5-3-11-24-16/h1-7,9,11-12H,8,10,13H2,(H,20,21). The second-order valence-electron chi connectivity index (χ2n) is 5.70. The van der Waals surface area contributed by atoms with Crippen LogP contribution in [0, 0.1) is 0 Å². The van der Waals surface area contributed by atoms with E-state index in [1.807, 2.05) is 36.4 Å². The van der Waals surface area contributed by atoms with Gasteiger partial charge in [0.15, 0.2) is 0 Å². The fraction of sp³-hybridized carbons (Fsp3) is 0.158. The summed E-state index contributed by atoms with van der Waals surface area (Å²) in [4.78, 5) is 18.9. The van der Waals surface area contributed by atoms with E-state index in [0.717, 1.165) is 23.6 Å². The molecule has 4 rings (SSSR count). The fourth-order valence-corrected chi connectivity index (χ4v) is 2.95. The summed E-state index contributed by atoms with van der Waals surface area (Å²) in [5.41, 5.74) is 3.48. The number of benzene rings is 1. The average Bonchev–Trinajstić information content (AvgIpc) is 3.29. The number of hydrogen-bond acceptors (Lipinski definition) is 4. The Hall–Kier alpha value is -3.08. The largest absolute Gasteiger partial charge is 0.467 e. The highest BCUT2D eigenvalue weighted by Gasteiger charge is 2.25. The number of carbonyl (C=O) groups excluding carboxylic acids is 1. The van der Waals surface area contributed by atoms with Crippen molar-refractivity contribution in [3.05, 3.63) is 78.0 Å². The third-order valence-electron chi connectivity index (χ3n) is 4.16. The van der Waals surface area contributed by atoms with Crippen LogP contribution in [0.3, 0.4) is 0 Å². The van der Waals surface area contributed by atoms with Crippen LogP contribution < -0.4 is 10.2 Å². The zero-order valence-corrected chi connectivity index (χ0v) is 13.1. The van der Waals surface area contributed by atoms with Gasteiger partial charge in [-0.15, -0.1) is 0 Å². The number of rotatable bonds is 4. The minimum absolute atomic E-state index is 0.0680. The van der Waals surface area contributed by atoms with Crippen molar-refractivity contribution < 1.29 is 9.21 Å². The van der Waals surface area contributed by atoms with Gasteiger partial charge in [-0.1, -0.05) is 18.2 Å². The van der Waals surface area contributed by atoms with Gasteiger partial charge in [0, 0.05) is 24.1 Å². The second-order valence-corrected chi connectivity index (χ2v) is 5.70. The predicted molar refractivity (Wildman–Crippen MR) is 92.1 cm³/mol. The van der Waals surface area contributed by atoms with Gasteiger partial charge < -0.3 is 14.6 Å². The number of carbonyl (C=O) groups is 1. The zero-order valence-electron chi connectivity index (χ0n) is 13.1. The molecule has 1 N–H and O–H groups in total. The van der Waals surface area contributed by atoms with Crippen LogP contribution in [0.2, 0.25) is 0 Å². The lowest BCUT2D eigenvalue weighted by Crippen LogP contribution is -2.29. The molecule has 0 atom stereocenters. The van der Waals surface area contributed by atoms with E-state index in [1.54, 1.807) is 23.4 Å². The van der Waals surface area contributed by atoms with E-state index in [4.69, 9.17) is 4.42 Å². The molecule has 0 aliphatic carbocycles. The molecule has 5 heteroatoms. The van der Waals surface area contributed by atoms with Gasteiger partial charge >= 0.3 is 0 Å². The molecule has 1 aromatic carbocycles. The number of nitrogens with one attached hydrogen (secondary N) is 1. The lowest BCUT2D eigenvalue weighted by molar-refractivity contribution is 0.0984. The van der Waals surface area contributed by atoms with E-state index in [2.05, 4.69) is 16.4 Å². The average molecular weight is 319 g/mol. The Morgan fingerprint density at radius 1 is 1.21 bits per heavy atom. The second kappa shape index (κ2) is 6.20. The molecular formula is C19H17N3O2. The number of para-hydroxylation sites is 1. The monoisotopic (exact) mass is 319 g/mol. The van der Waals surface area contributed by atoms with E-state index < -0.39 is 0 Å². The van der Waals surface area contributed by atoms with Crippen LogP contribution in [-0.4, -0.2) is 17.4 Å². The summed E-state index contributed by atoms with van der Waals surface area (Å²) in [7, 11) is 0. The van der Waals surface area contributed by atoms with Crippen molar-refractivity contribution in [3.63, 3.8) is 0 Å². The SMILES string of the molecule is O=C(c1cc(NCc2ccco2)ccn1)N1CCc2ccccc21. The number of pyridine rings is 1. The smallest absolute Gasteiger partial charge is 0.276 e. The van der Waals surface area contributed by atoms with Crippen LogP contribution in [0.1, 0.15) is 21.8 Å². The lowest BCUT2D eigenvalue weighted by atomic mass is 10.2. The first-order chi connectivity index (χ1) is 11.8. The molecule has 5 nitrogen and oxygen atoms in total. The molecule has 1 aliphatic rings. The van der Waals surface area contributed by atoms with E-state index in [-0.39, 0.29) is 5.91 Å². The van der Waals surface area contributed by atoms with Crippen molar-refractivity contribution in [2.75, 3.05) is 16.8 Å².